The molecule has 0 saturated heterocycles. The van der Waals surface area contributed by atoms with E-state index in [0.717, 1.165) is 19.3 Å². The van der Waals surface area contributed by atoms with Gasteiger partial charge in [0.25, 0.3) is 0 Å². The molecule has 0 unspecified atom stereocenters. The monoisotopic (exact) mass is 383 g/mol. The van der Waals surface area contributed by atoms with Crippen LogP contribution in [0.1, 0.15) is 53.4 Å². The Labute approximate surface area is 128 Å². The van der Waals surface area contributed by atoms with E-state index in [0.29, 0.717) is 6.42 Å². The van der Waals surface area contributed by atoms with Crippen LogP contribution in [0.2, 0.25) is 0 Å². The largest absolute Gasteiger partial charge is 0.444 e. The number of carbonyl (C=O) groups is 2. The van der Waals surface area contributed by atoms with Gasteiger partial charge in [0.1, 0.15) is 5.60 Å². The highest BCUT2D eigenvalue weighted by molar-refractivity contribution is 14.1. The van der Waals surface area contributed by atoms with Gasteiger partial charge in [0, 0.05) is 6.04 Å². The van der Waals surface area contributed by atoms with Gasteiger partial charge in [-0.15, -0.1) is 0 Å². The zero-order chi connectivity index (χ0) is 14.7. The van der Waals surface area contributed by atoms with Gasteiger partial charge in [-0.1, -0.05) is 6.92 Å². The van der Waals surface area contributed by atoms with Crippen LogP contribution in [-0.4, -0.2) is 23.7 Å². The standard InChI is InChI=1S/C13H22INO4/c1-5-13(10(16)19-14)7-6-9(8-13)15-11(17)18-12(2,3)4/h9H,5-8H2,1-4H3,(H,15,17)/t9-,13+/m1/s1. The fourth-order valence-electron chi connectivity index (χ4n) is 2.46. The molecule has 1 fully saturated rings. The van der Waals surface area contributed by atoms with Crippen LogP contribution in [0.25, 0.3) is 0 Å². The number of carbonyl (C=O) groups excluding carboxylic acids is 2. The van der Waals surface area contributed by atoms with Crippen LogP contribution in [0.15, 0.2) is 0 Å². The maximum atomic E-state index is 11.9. The van der Waals surface area contributed by atoms with Crippen molar-refractivity contribution in [3.8, 4) is 0 Å². The van der Waals surface area contributed by atoms with Crippen molar-refractivity contribution in [2.75, 3.05) is 0 Å². The van der Waals surface area contributed by atoms with E-state index in [4.69, 9.17) is 7.80 Å². The van der Waals surface area contributed by atoms with E-state index in [1.165, 1.54) is 0 Å². The van der Waals surface area contributed by atoms with Gasteiger partial charge < -0.3 is 13.1 Å². The third-order valence-corrected chi connectivity index (χ3v) is 3.91. The maximum Gasteiger partial charge on any atom is 0.407 e. The summed E-state index contributed by atoms with van der Waals surface area (Å²) in [5.74, 6) is -0.191. The Balaban J connectivity index is 2.56. The second kappa shape index (κ2) is 6.28. The van der Waals surface area contributed by atoms with E-state index in [1.54, 1.807) is 23.0 Å². The number of rotatable bonds is 3. The third-order valence-electron chi connectivity index (χ3n) is 3.51. The first-order valence-electron chi connectivity index (χ1n) is 6.55. The van der Waals surface area contributed by atoms with E-state index in [-0.39, 0.29) is 12.0 Å². The Bertz CT molecular complexity index is 353. The zero-order valence-corrected chi connectivity index (χ0v) is 14.1. The highest BCUT2D eigenvalue weighted by atomic mass is 127. The molecule has 0 aromatic heterocycles. The molecule has 2 atom stereocenters. The van der Waals surface area contributed by atoms with Crippen LogP contribution < -0.4 is 5.32 Å². The first-order chi connectivity index (χ1) is 8.72. The molecule has 1 N–H and O–H groups in total. The van der Waals surface area contributed by atoms with Crippen molar-refractivity contribution in [3.63, 3.8) is 0 Å². The fraction of sp³-hybridized carbons (Fsp3) is 0.846. The van der Waals surface area contributed by atoms with Gasteiger partial charge >= 0.3 is 12.1 Å². The van der Waals surface area contributed by atoms with Crippen molar-refractivity contribution in [3.05, 3.63) is 0 Å². The number of hydrogen-bond donors (Lipinski definition) is 1. The van der Waals surface area contributed by atoms with Gasteiger partial charge in [-0.25, -0.2) is 4.79 Å². The lowest BCUT2D eigenvalue weighted by molar-refractivity contribution is -0.142. The second-order valence-electron chi connectivity index (χ2n) is 6.08. The van der Waals surface area contributed by atoms with Crippen LogP contribution in [-0.2, 0) is 12.6 Å². The SMILES string of the molecule is CC[C@]1(C(=O)OI)CC[C@@H](NC(=O)OC(C)(C)C)C1. The fourth-order valence-corrected chi connectivity index (χ4v) is 2.92. The summed E-state index contributed by atoms with van der Waals surface area (Å²) in [7, 11) is 0. The van der Waals surface area contributed by atoms with Gasteiger partial charge in [-0.3, -0.25) is 4.79 Å². The molecule has 0 spiro atoms. The molecule has 0 aliphatic heterocycles. The lowest BCUT2D eigenvalue weighted by Gasteiger charge is -2.24. The molecule has 19 heavy (non-hydrogen) atoms. The summed E-state index contributed by atoms with van der Waals surface area (Å²) in [6.07, 6.45) is 2.43. The predicted molar refractivity (Wildman–Crippen MR) is 79.8 cm³/mol. The highest BCUT2D eigenvalue weighted by Crippen LogP contribution is 2.42. The van der Waals surface area contributed by atoms with Gasteiger partial charge in [0.15, 0.2) is 23.0 Å². The first kappa shape index (κ1) is 16.5. The summed E-state index contributed by atoms with van der Waals surface area (Å²) in [4.78, 5) is 23.6. The number of hydrogen-bond acceptors (Lipinski definition) is 4. The van der Waals surface area contributed by atoms with Crippen LogP contribution in [0.3, 0.4) is 0 Å². The summed E-state index contributed by atoms with van der Waals surface area (Å²) in [5, 5.41) is 2.83. The lowest BCUT2D eigenvalue weighted by atomic mass is 9.83. The van der Waals surface area contributed by atoms with Crippen molar-refractivity contribution in [1.82, 2.24) is 5.32 Å². The number of amides is 1. The Morgan fingerprint density at radius 2 is 2.05 bits per heavy atom. The van der Waals surface area contributed by atoms with Crippen LogP contribution in [0, 0.1) is 5.41 Å². The first-order valence-corrected chi connectivity index (χ1v) is 7.43. The molecule has 5 nitrogen and oxygen atoms in total. The zero-order valence-electron chi connectivity index (χ0n) is 11.9. The summed E-state index contributed by atoms with van der Waals surface area (Å²) in [6, 6.07) is -0.0229. The van der Waals surface area contributed by atoms with Crippen LogP contribution >= 0.6 is 23.0 Å². The van der Waals surface area contributed by atoms with Crippen molar-refractivity contribution in [1.29, 1.82) is 0 Å². The summed E-state index contributed by atoms with van der Waals surface area (Å²) in [5.41, 5.74) is -0.966. The van der Waals surface area contributed by atoms with E-state index in [9.17, 15) is 9.59 Å². The summed E-state index contributed by atoms with van der Waals surface area (Å²) in [6.45, 7) is 7.45. The topological polar surface area (TPSA) is 64.6 Å². The van der Waals surface area contributed by atoms with E-state index in [2.05, 4.69) is 5.32 Å². The molecule has 0 aromatic carbocycles. The van der Waals surface area contributed by atoms with E-state index in [1.807, 2.05) is 27.7 Å². The quantitative estimate of drug-likeness (QED) is 0.760. The molecule has 0 radical (unpaired) electrons. The summed E-state index contributed by atoms with van der Waals surface area (Å²) >= 11 is 1.63. The molecule has 1 amide bonds. The second-order valence-corrected chi connectivity index (χ2v) is 6.52. The van der Waals surface area contributed by atoms with Gasteiger partial charge in [0.05, 0.1) is 5.41 Å². The number of nitrogens with one attached hydrogen (secondary N) is 1. The van der Waals surface area contributed by atoms with Crippen molar-refractivity contribution >= 4 is 35.1 Å². The molecule has 1 rings (SSSR count). The average Bonchev–Trinajstić information content (AvgIpc) is 2.70. The minimum atomic E-state index is -0.508. The molecule has 1 aliphatic carbocycles. The van der Waals surface area contributed by atoms with Gasteiger partial charge in [-0.05, 0) is 46.5 Å². The molecular weight excluding hydrogens is 361 g/mol. The molecule has 6 heteroatoms. The van der Waals surface area contributed by atoms with Crippen LogP contribution in [0.4, 0.5) is 4.79 Å². The normalized spacial score (nSPS) is 26.9. The minimum Gasteiger partial charge on any atom is -0.444 e. The Kier molecular flexibility index (Phi) is 5.46. The molecule has 1 saturated carbocycles. The third kappa shape index (κ3) is 4.50. The summed E-state index contributed by atoms with van der Waals surface area (Å²) < 4.78 is 10.1. The molecule has 0 bridgehead atoms. The Morgan fingerprint density at radius 3 is 2.53 bits per heavy atom. The Morgan fingerprint density at radius 1 is 1.42 bits per heavy atom. The van der Waals surface area contributed by atoms with Crippen molar-refractivity contribution in [2.45, 2.75) is 65.0 Å². The molecular formula is C13H22INO4. The minimum absolute atomic E-state index is 0.0229. The average molecular weight is 383 g/mol. The molecule has 0 heterocycles. The highest BCUT2D eigenvalue weighted by Gasteiger charge is 2.45. The van der Waals surface area contributed by atoms with Crippen LogP contribution in [0.5, 0.6) is 0 Å². The van der Waals surface area contributed by atoms with Crippen molar-refractivity contribution < 1.29 is 17.4 Å². The molecule has 1 aliphatic rings. The maximum absolute atomic E-state index is 11.9. The van der Waals surface area contributed by atoms with E-state index >= 15 is 0 Å². The molecule has 0 aromatic rings. The van der Waals surface area contributed by atoms with Gasteiger partial charge in [-0.2, -0.15) is 0 Å². The molecule has 110 valence electrons. The lowest BCUT2D eigenvalue weighted by Crippen LogP contribution is -2.39. The predicted octanol–water partition coefficient (Wildman–Crippen LogP) is 3.35. The smallest absolute Gasteiger partial charge is 0.407 e. The number of halogens is 1. The van der Waals surface area contributed by atoms with Crippen molar-refractivity contribution in [2.24, 2.45) is 5.41 Å². The van der Waals surface area contributed by atoms with Gasteiger partial charge in [0.2, 0.25) is 0 Å². The number of alkyl carbamates (subject to hydrolysis) is 1. The van der Waals surface area contributed by atoms with E-state index < -0.39 is 17.1 Å². The Hall–Kier alpha value is -0.530. The number of ether oxygens (including phenoxy) is 1.